The molecule has 3 heterocycles. The minimum atomic E-state index is -0.0302. The van der Waals surface area contributed by atoms with E-state index in [1.807, 2.05) is 54.4 Å². The molecule has 1 fully saturated rings. The number of ether oxygens (including phenoxy) is 1. The van der Waals surface area contributed by atoms with E-state index in [4.69, 9.17) is 9.72 Å². The van der Waals surface area contributed by atoms with Crippen LogP contribution in [-0.2, 0) is 11.2 Å². The van der Waals surface area contributed by atoms with Gasteiger partial charge in [0.05, 0.1) is 18.8 Å². The zero-order chi connectivity index (χ0) is 21.4. The lowest BCUT2D eigenvalue weighted by Gasteiger charge is -2.18. The molecule has 156 valence electrons. The molecule has 0 bridgehead atoms. The molecule has 1 aliphatic rings. The molecular weight excluding hydrogens is 388 g/mol. The number of carbonyl (C=O) groups is 1. The summed E-state index contributed by atoms with van der Waals surface area (Å²) in [4.78, 5) is 19.7. The molecule has 31 heavy (non-hydrogen) atoms. The van der Waals surface area contributed by atoms with Crippen LogP contribution >= 0.6 is 0 Å². The van der Waals surface area contributed by atoms with Gasteiger partial charge in [-0.25, -0.2) is 4.98 Å². The van der Waals surface area contributed by atoms with E-state index < -0.39 is 0 Å². The maximum absolute atomic E-state index is 13.1. The molecule has 4 aromatic rings. The van der Waals surface area contributed by atoms with Crippen LogP contribution in [0.1, 0.15) is 17.7 Å². The third-order valence-corrected chi connectivity index (χ3v) is 6.03. The van der Waals surface area contributed by atoms with Gasteiger partial charge in [0.2, 0.25) is 5.91 Å². The molecule has 5 rings (SSSR count). The van der Waals surface area contributed by atoms with Crippen molar-refractivity contribution in [2.75, 3.05) is 18.6 Å². The average Bonchev–Trinajstić information content (AvgIpc) is 3.40. The van der Waals surface area contributed by atoms with Crippen molar-refractivity contribution in [1.29, 1.82) is 0 Å². The van der Waals surface area contributed by atoms with Crippen molar-refractivity contribution in [1.82, 2.24) is 15.2 Å². The van der Waals surface area contributed by atoms with Gasteiger partial charge >= 0.3 is 0 Å². The SMILES string of the molecule is COc1cccc(CC2CCN(c3ccc(-c4ccc5[nH]ncc5c4)c(C)n3)C2=O)c1. The molecule has 0 aliphatic carbocycles. The fourth-order valence-electron chi connectivity index (χ4n) is 4.35. The van der Waals surface area contributed by atoms with E-state index in [0.717, 1.165) is 51.3 Å². The molecule has 6 heteroatoms. The van der Waals surface area contributed by atoms with Crippen molar-refractivity contribution in [3.8, 4) is 16.9 Å². The highest BCUT2D eigenvalue weighted by Gasteiger charge is 2.33. The molecule has 1 atom stereocenters. The Morgan fingerprint density at radius 3 is 2.90 bits per heavy atom. The van der Waals surface area contributed by atoms with E-state index in [2.05, 4.69) is 28.4 Å². The second kappa shape index (κ2) is 7.87. The zero-order valence-electron chi connectivity index (χ0n) is 17.6. The average molecular weight is 412 g/mol. The summed E-state index contributed by atoms with van der Waals surface area (Å²) in [5.41, 5.74) is 5.19. The number of benzene rings is 2. The second-order valence-corrected chi connectivity index (χ2v) is 8.01. The van der Waals surface area contributed by atoms with Gasteiger partial charge in [-0.1, -0.05) is 18.2 Å². The first-order chi connectivity index (χ1) is 15.1. The van der Waals surface area contributed by atoms with E-state index in [0.29, 0.717) is 13.0 Å². The highest BCUT2D eigenvalue weighted by atomic mass is 16.5. The van der Waals surface area contributed by atoms with Gasteiger partial charge in [-0.05, 0) is 67.3 Å². The maximum Gasteiger partial charge on any atom is 0.231 e. The summed E-state index contributed by atoms with van der Waals surface area (Å²) in [6.45, 7) is 2.69. The van der Waals surface area contributed by atoms with Crippen molar-refractivity contribution in [2.24, 2.45) is 5.92 Å². The van der Waals surface area contributed by atoms with Crippen molar-refractivity contribution in [3.05, 3.63) is 72.1 Å². The summed E-state index contributed by atoms with van der Waals surface area (Å²) >= 11 is 0. The second-order valence-electron chi connectivity index (χ2n) is 8.01. The lowest BCUT2D eigenvalue weighted by atomic mass is 9.98. The number of rotatable bonds is 5. The van der Waals surface area contributed by atoms with Gasteiger partial charge in [-0.15, -0.1) is 0 Å². The highest BCUT2D eigenvalue weighted by Crippen LogP contribution is 2.31. The minimum absolute atomic E-state index is 0.0302. The normalized spacial score (nSPS) is 16.3. The van der Waals surface area contributed by atoms with E-state index in [1.165, 1.54) is 0 Å². The van der Waals surface area contributed by atoms with E-state index in [9.17, 15) is 4.79 Å². The largest absolute Gasteiger partial charge is 0.497 e. The number of pyridine rings is 1. The number of aromatic amines is 1. The van der Waals surface area contributed by atoms with Gasteiger partial charge in [0.25, 0.3) is 0 Å². The van der Waals surface area contributed by atoms with Crippen LogP contribution in [0.4, 0.5) is 5.82 Å². The molecule has 1 amide bonds. The predicted octanol–water partition coefficient (Wildman–Crippen LogP) is 4.54. The number of aryl methyl sites for hydroxylation is 1. The number of aromatic nitrogens is 3. The zero-order valence-corrected chi connectivity index (χ0v) is 17.6. The lowest BCUT2D eigenvalue weighted by molar-refractivity contribution is -0.120. The molecular formula is C25H24N4O2. The number of hydrogen-bond donors (Lipinski definition) is 1. The molecule has 0 saturated carbocycles. The number of fused-ring (bicyclic) bond motifs is 1. The molecule has 0 radical (unpaired) electrons. The summed E-state index contributed by atoms with van der Waals surface area (Å²) in [6.07, 6.45) is 3.37. The topological polar surface area (TPSA) is 71.1 Å². The first kappa shape index (κ1) is 19.3. The standard InChI is InChI=1S/C25H24N4O2/c1-16-22(18-6-8-23-20(14-18)15-26-28-23)7-9-24(27-16)29-11-10-19(25(29)30)12-17-4-3-5-21(13-17)31-2/h3-9,13-15,19H,10-12H2,1-2H3,(H,26,28). The first-order valence-electron chi connectivity index (χ1n) is 10.5. The fraction of sp³-hybridized carbons (Fsp3) is 0.240. The quantitative estimate of drug-likeness (QED) is 0.523. The number of H-pyrrole nitrogens is 1. The molecule has 0 spiro atoms. The number of amides is 1. The summed E-state index contributed by atoms with van der Waals surface area (Å²) in [6, 6.07) is 18.1. The van der Waals surface area contributed by atoms with Crippen LogP contribution < -0.4 is 9.64 Å². The van der Waals surface area contributed by atoms with Crippen LogP contribution in [0.3, 0.4) is 0 Å². The van der Waals surface area contributed by atoms with Crippen LogP contribution in [0.15, 0.2) is 60.8 Å². The van der Waals surface area contributed by atoms with Gasteiger partial charge in [0.1, 0.15) is 11.6 Å². The Labute approximate surface area is 180 Å². The summed E-state index contributed by atoms with van der Waals surface area (Å²) in [5, 5.41) is 8.13. The fourth-order valence-corrected chi connectivity index (χ4v) is 4.35. The number of hydrogen-bond acceptors (Lipinski definition) is 4. The molecule has 6 nitrogen and oxygen atoms in total. The molecule has 1 aliphatic heterocycles. The third-order valence-electron chi connectivity index (χ3n) is 6.03. The lowest BCUT2D eigenvalue weighted by Crippen LogP contribution is -2.28. The summed E-state index contributed by atoms with van der Waals surface area (Å²) in [5.74, 6) is 1.66. The van der Waals surface area contributed by atoms with E-state index >= 15 is 0 Å². The molecule has 1 saturated heterocycles. The van der Waals surface area contributed by atoms with Gasteiger partial charge in [-0.3, -0.25) is 14.8 Å². The summed E-state index contributed by atoms with van der Waals surface area (Å²) in [7, 11) is 1.66. The van der Waals surface area contributed by atoms with Gasteiger partial charge in [-0.2, -0.15) is 5.10 Å². The third kappa shape index (κ3) is 3.65. The predicted molar refractivity (Wildman–Crippen MR) is 121 cm³/mol. The van der Waals surface area contributed by atoms with Crippen molar-refractivity contribution in [3.63, 3.8) is 0 Å². The van der Waals surface area contributed by atoms with Crippen molar-refractivity contribution < 1.29 is 9.53 Å². The highest BCUT2D eigenvalue weighted by molar-refractivity contribution is 5.96. The van der Waals surface area contributed by atoms with Crippen LogP contribution in [0.5, 0.6) is 5.75 Å². The molecule has 2 aromatic carbocycles. The Hall–Kier alpha value is -3.67. The number of nitrogens with zero attached hydrogens (tertiary/aromatic N) is 3. The van der Waals surface area contributed by atoms with Crippen molar-refractivity contribution >= 4 is 22.6 Å². The molecule has 1 unspecified atom stereocenters. The minimum Gasteiger partial charge on any atom is -0.497 e. The van der Waals surface area contributed by atoms with Crippen LogP contribution in [0.25, 0.3) is 22.0 Å². The van der Waals surface area contributed by atoms with Gasteiger partial charge in [0, 0.05) is 29.1 Å². The van der Waals surface area contributed by atoms with Crippen LogP contribution in [-0.4, -0.2) is 34.7 Å². The van der Waals surface area contributed by atoms with Gasteiger partial charge in [0.15, 0.2) is 0 Å². The summed E-state index contributed by atoms with van der Waals surface area (Å²) < 4.78 is 5.31. The van der Waals surface area contributed by atoms with Crippen LogP contribution in [0, 0.1) is 12.8 Å². The Kier molecular flexibility index (Phi) is 4.90. The van der Waals surface area contributed by atoms with Crippen molar-refractivity contribution in [2.45, 2.75) is 19.8 Å². The van der Waals surface area contributed by atoms with E-state index in [1.54, 1.807) is 7.11 Å². The number of anilines is 1. The smallest absolute Gasteiger partial charge is 0.231 e. The van der Waals surface area contributed by atoms with E-state index in [-0.39, 0.29) is 11.8 Å². The first-order valence-corrected chi connectivity index (χ1v) is 10.5. The number of nitrogens with one attached hydrogen (secondary N) is 1. The Morgan fingerprint density at radius 2 is 2.06 bits per heavy atom. The maximum atomic E-state index is 13.1. The van der Waals surface area contributed by atoms with Crippen LogP contribution in [0.2, 0.25) is 0 Å². The number of methoxy groups -OCH3 is 1. The van der Waals surface area contributed by atoms with Gasteiger partial charge < -0.3 is 4.74 Å². The number of carbonyl (C=O) groups excluding carboxylic acids is 1. The monoisotopic (exact) mass is 412 g/mol. The Balaban J connectivity index is 1.35. The molecule has 2 aromatic heterocycles. The Morgan fingerprint density at radius 1 is 1.16 bits per heavy atom. The molecule has 1 N–H and O–H groups in total. The Bertz CT molecular complexity index is 1260.